The highest BCUT2D eigenvalue weighted by molar-refractivity contribution is 7.09. The van der Waals surface area contributed by atoms with Crippen molar-refractivity contribution in [2.24, 2.45) is 0 Å². The number of para-hydroxylation sites is 1. The number of rotatable bonds is 5. The fourth-order valence-electron chi connectivity index (χ4n) is 1.61. The van der Waals surface area contributed by atoms with Crippen LogP contribution in [0.15, 0.2) is 36.0 Å². The maximum atomic E-state index is 5.88. The van der Waals surface area contributed by atoms with Crippen LogP contribution in [0.3, 0.4) is 0 Å². The minimum absolute atomic E-state index is 0.102. The molecule has 0 aliphatic rings. The number of nitrogens with zero attached hydrogens (tertiary/aromatic N) is 1. The first-order chi connectivity index (χ1) is 9.04. The fourth-order valence-corrected chi connectivity index (χ4v) is 2.12. The lowest BCUT2D eigenvalue weighted by atomic mass is 10.1. The molecule has 0 amide bonds. The van der Waals surface area contributed by atoms with Gasteiger partial charge in [0, 0.05) is 23.8 Å². The van der Waals surface area contributed by atoms with E-state index in [2.05, 4.69) is 37.1 Å². The van der Waals surface area contributed by atoms with E-state index < -0.39 is 0 Å². The van der Waals surface area contributed by atoms with Gasteiger partial charge in [-0.3, -0.25) is 4.98 Å². The van der Waals surface area contributed by atoms with Crippen molar-refractivity contribution in [3.63, 3.8) is 0 Å². The van der Waals surface area contributed by atoms with Gasteiger partial charge < -0.3 is 10.1 Å². The number of nitrogens with one attached hydrogen (secondary N) is 1. The minimum atomic E-state index is 0.102. The summed E-state index contributed by atoms with van der Waals surface area (Å²) in [5, 5.41) is 3.48. The molecule has 102 valence electrons. The monoisotopic (exact) mass is 276 g/mol. The molecule has 0 unspecified atom stereocenters. The smallest absolute Gasteiger partial charge is 0.124 e. The number of thiazole rings is 1. The Kier molecular flexibility index (Phi) is 4.56. The van der Waals surface area contributed by atoms with Crippen molar-refractivity contribution in [1.29, 1.82) is 0 Å². The molecule has 1 heterocycles. The van der Waals surface area contributed by atoms with Gasteiger partial charge in [-0.25, -0.2) is 0 Å². The van der Waals surface area contributed by atoms with Crippen molar-refractivity contribution in [2.45, 2.75) is 39.5 Å². The zero-order valence-corrected chi connectivity index (χ0v) is 12.5. The molecule has 0 saturated carbocycles. The Morgan fingerprint density at radius 1 is 1.26 bits per heavy atom. The Morgan fingerprint density at radius 3 is 2.74 bits per heavy atom. The van der Waals surface area contributed by atoms with Crippen LogP contribution in [0.5, 0.6) is 5.75 Å². The van der Waals surface area contributed by atoms with Crippen molar-refractivity contribution in [3.8, 4) is 5.75 Å². The van der Waals surface area contributed by atoms with Gasteiger partial charge in [-0.1, -0.05) is 18.2 Å². The second-order valence-electron chi connectivity index (χ2n) is 5.47. The van der Waals surface area contributed by atoms with Gasteiger partial charge in [0.2, 0.25) is 0 Å². The van der Waals surface area contributed by atoms with Gasteiger partial charge in [0.15, 0.2) is 0 Å². The van der Waals surface area contributed by atoms with Crippen molar-refractivity contribution in [2.75, 3.05) is 0 Å². The average Bonchev–Trinajstić information content (AvgIpc) is 2.87. The van der Waals surface area contributed by atoms with Crippen LogP contribution in [0.2, 0.25) is 0 Å². The predicted molar refractivity (Wildman–Crippen MR) is 79.5 cm³/mol. The molecule has 19 heavy (non-hydrogen) atoms. The summed E-state index contributed by atoms with van der Waals surface area (Å²) in [4.78, 5) is 5.19. The molecule has 0 saturated heterocycles. The quantitative estimate of drug-likeness (QED) is 0.906. The number of aromatic nitrogens is 1. The first-order valence-corrected chi connectivity index (χ1v) is 7.26. The highest BCUT2D eigenvalue weighted by atomic mass is 32.1. The van der Waals surface area contributed by atoms with E-state index >= 15 is 0 Å². The Bertz CT molecular complexity index is 503. The molecule has 0 aliphatic heterocycles. The zero-order valence-electron chi connectivity index (χ0n) is 11.6. The zero-order chi connectivity index (χ0) is 13.7. The lowest BCUT2D eigenvalue weighted by Crippen LogP contribution is -2.35. The number of benzene rings is 1. The van der Waals surface area contributed by atoms with Crippen LogP contribution in [0.25, 0.3) is 0 Å². The van der Waals surface area contributed by atoms with E-state index in [-0.39, 0.29) is 5.54 Å². The normalized spacial score (nSPS) is 11.5. The van der Waals surface area contributed by atoms with E-state index in [4.69, 9.17) is 4.74 Å². The molecular weight excluding hydrogens is 256 g/mol. The predicted octanol–water partition coefficient (Wildman–Crippen LogP) is 3.61. The molecule has 1 N–H and O–H groups in total. The van der Waals surface area contributed by atoms with Crippen LogP contribution in [0, 0.1) is 0 Å². The first-order valence-electron chi connectivity index (χ1n) is 6.38. The SMILES string of the molecule is CC(C)(C)NCc1ccccc1OCc1cncs1. The minimum Gasteiger partial charge on any atom is -0.488 e. The number of ether oxygens (including phenoxy) is 1. The second-order valence-corrected chi connectivity index (χ2v) is 6.44. The van der Waals surface area contributed by atoms with E-state index in [1.54, 1.807) is 11.3 Å². The second kappa shape index (κ2) is 6.17. The maximum absolute atomic E-state index is 5.88. The summed E-state index contributed by atoms with van der Waals surface area (Å²) in [7, 11) is 0. The molecule has 2 rings (SSSR count). The van der Waals surface area contributed by atoms with Crippen molar-refractivity contribution < 1.29 is 4.74 Å². The fraction of sp³-hybridized carbons (Fsp3) is 0.400. The molecule has 0 spiro atoms. The standard InChI is InChI=1S/C15H20N2OS/c1-15(2,3)17-8-12-6-4-5-7-14(12)18-10-13-9-16-11-19-13/h4-7,9,11,17H,8,10H2,1-3H3. The molecule has 0 radical (unpaired) electrons. The van der Waals surface area contributed by atoms with Crippen LogP contribution < -0.4 is 10.1 Å². The molecule has 4 heteroatoms. The molecule has 2 aromatic rings. The van der Waals surface area contributed by atoms with E-state index in [9.17, 15) is 0 Å². The Labute approximate surface area is 118 Å². The lowest BCUT2D eigenvalue weighted by Gasteiger charge is -2.21. The molecule has 3 nitrogen and oxygen atoms in total. The van der Waals surface area contributed by atoms with Gasteiger partial charge in [-0.05, 0) is 26.8 Å². The summed E-state index contributed by atoms with van der Waals surface area (Å²) < 4.78 is 5.88. The topological polar surface area (TPSA) is 34.1 Å². The molecule has 0 fully saturated rings. The largest absolute Gasteiger partial charge is 0.488 e. The summed E-state index contributed by atoms with van der Waals surface area (Å²) >= 11 is 1.61. The van der Waals surface area contributed by atoms with Crippen LogP contribution in [-0.2, 0) is 13.2 Å². The number of hydrogen-bond acceptors (Lipinski definition) is 4. The highest BCUT2D eigenvalue weighted by Gasteiger charge is 2.10. The molecule has 0 aliphatic carbocycles. The first kappa shape index (κ1) is 14.0. The number of hydrogen-bond donors (Lipinski definition) is 1. The van der Waals surface area contributed by atoms with E-state index in [0.29, 0.717) is 6.61 Å². The van der Waals surface area contributed by atoms with Crippen LogP contribution in [0.4, 0.5) is 0 Å². The van der Waals surface area contributed by atoms with Crippen LogP contribution in [-0.4, -0.2) is 10.5 Å². The van der Waals surface area contributed by atoms with Gasteiger partial charge in [0.1, 0.15) is 12.4 Å². The van der Waals surface area contributed by atoms with E-state index in [0.717, 1.165) is 17.2 Å². The van der Waals surface area contributed by atoms with E-state index in [1.165, 1.54) is 5.56 Å². The van der Waals surface area contributed by atoms with Crippen molar-refractivity contribution >= 4 is 11.3 Å². The average molecular weight is 276 g/mol. The Balaban J connectivity index is 1.99. The van der Waals surface area contributed by atoms with Gasteiger partial charge >= 0.3 is 0 Å². The van der Waals surface area contributed by atoms with Crippen LogP contribution in [0.1, 0.15) is 31.2 Å². The van der Waals surface area contributed by atoms with Crippen LogP contribution >= 0.6 is 11.3 Å². The summed E-state index contributed by atoms with van der Waals surface area (Å²) in [5.74, 6) is 0.938. The third-order valence-electron chi connectivity index (χ3n) is 2.64. The van der Waals surface area contributed by atoms with Crippen molar-refractivity contribution in [3.05, 3.63) is 46.4 Å². The molecule has 1 aromatic heterocycles. The molecule has 0 bridgehead atoms. The van der Waals surface area contributed by atoms with Gasteiger partial charge in [0.05, 0.1) is 10.4 Å². The highest BCUT2D eigenvalue weighted by Crippen LogP contribution is 2.20. The molecule has 1 aromatic carbocycles. The van der Waals surface area contributed by atoms with E-state index in [1.807, 2.05) is 29.9 Å². The summed E-state index contributed by atoms with van der Waals surface area (Å²) in [5.41, 5.74) is 3.11. The molecule has 0 atom stereocenters. The van der Waals surface area contributed by atoms with Crippen molar-refractivity contribution in [1.82, 2.24) is 10.3 Å². The summed E-state index contributed by atoms with van der Waals surface area (Å²) in [6.07, 6.45) is 1.85. The summed E-state index contributed by atoms with van der Waals surface area (Å²) in [6, 6.07) is 8.16. The molecular formula is C15H20N2OS. The van der Waals surface area contributed by atoms with Gasteiger partial charge in [-0.15, -0.1) is 11.3 Å². The maximum Gasteiger partial charge on any atom is 0.124 e. The Morgan fingerprint density at radius 2 is 2.05 bits per heavy atom. The third kappa shape index (κ3) is 4.65. The van der Waals surface area contributed by atoms with Gasteiger partial charge in [0.25, 0.3) is 0 Å². The third-order valence-corrected chi connectivity index (χ3v) is 3.39. The Hall–Kier alpha value is -1.39. The summed E-state index contributed by atoms with van der Waals surface area (Å²) in [6.45, 7) is 7.87. The van der Waals surface area contributed by atoms with Gasteiger partial charge in [-0.2, -0.15) is 0 Å². The lowest BCUT2D eigenvalue weighted by molar-refractivity contribution is 0.303.